The summed E-state index contributed by atoms with van der Waals surface area (Å²) in [6.45, 7) is 1.51. The van der Waals surface area contributed by atoms with Crippen LogP contribution in [0.5, 0.6) is 0 Å². The molecule has 8 heteroatoms. The van der Waals surface area contributed by atoms with Crippen molar-refractivity contribution >= 4 is 6.03 Å². The molecule has 2 N–H and O–H groups in total. The summed E-state index contributed by atoms with van der Waals surface area (Å²) in [7, 11) is 3.78. The van der Waals surface area contributed by atoms with Crippen molar-refractivity contribution in [1.82, 2.24) is 30.3 Å². The molecule has 0 unspecified atom stereocenters. The van der Waals surface area contributed by atoms with Crippen LogP contribution in [-0.4, -0.2) is 45.8 Å². The van der Waals surface area contributed by atoms with Crippen LogP contribution in [0.3, 0.4) is 0 Å². The number of benzene rings is 1. The van der Waals surface area contributed by atoms with Gasteiger partial charge >= 0.3 is 6.03 Å². The van der Waals surface area contributed by atoms with Crippen molar-refractivity contribution in [2.24, 2.45) is 0 Å². The number of hydrogen-bond acceptors (Lipinski definition) is 4. The molecule has 2 heterocycles. The number of halogens is 1. The zero-order valence-electron chi connectivity index (χ0n) is 14.5. The molecule has 0 radical (unpaired) electrons. The maximum Gasteiger partial charge on any atom is 0.315 e. The highest BCUT2D eigenvalue weighted by molar-refractivity contribution is 5.74. The molecule has 0 saturated heterocycles. The van der Waals surface area contributed by atoms with Gasteiger partial charge in [-0.3, -0.25) is 0 Å². The predicted molar refractivity (Wildman–Crippen MR) is 91.3 cm³/mol. The van der Waals surface area contributed by atoms with Crippen molar-refractivity contribution in [2.75, 3.05) is 14.1 Å². The first kappa shape index (κ1) is 17.3. The number of fused-ring (bicyclic) bond motifs is 1. The lowest BCUT2D eigenvalue weighted by atomic mass is 10.1. The summed E-state index contributed by atoms with van der Waals surface area (Å²) < 4.78 is 15.6. The minimum Gasteiger partial charge on any atom is -0.334 e. The van der Waals surface area contributed by atoms with Crippen LogP contribution in [0.4, 0.5) is 9.18 Å². The van der Waals surface area contributed by atoms with E-state index in [4.69, 9.17) is 0 Å². The van der Waals surface area contributed by atoms with E-state index in [2.05, 4.69) is 20.7 Å². The molecule has 1 aromatic carbocycles. The van der Waals surface area contributed by atoms with Gasteiger partial charge in [-0.05, 0) is 38.2 Å². The Morgan fingerprint density at radius 1 is 1.44 bits per heavy atom. The molecule has 1 aliphatic heterocycles. The average Bonchev–Trinajstić information content (AvgIpc) is 3.03. The Hall–Kier alpha value is -2.48. The van der Waals surface area contributed by atoms with Gasteiger partial charge in [0.05, 0.1) is 12.6 Å². The third-order valence-electron chi connectivity index (χ3n) is 4.19. The summed E-state index contributed by atoms with van der Waals surface area (Å²) in [6.07, 6.45) is 3.18. The minimum atomic E-state index is -0.230. The molecule has 0 fully saturated rings. The monoisotopic (exact) mass is 346 g/mol. The molecular formula is C17H23FN6O. The second-order valence-electron chi connectivity index (χ2n) is 6.58. The minimum absolute atomic E-state index is 0.0340. The summed E-state index contributed by atoms with van der Waals surface area (Å²) in [6, 6.07) is 4.73. The lowest BCUT2D eigenvalue weighted by molar-refractivity contribution is 0.231. The van der Waals surface area contributed by atoms with E-state index in [0.29, 0.717) is 25.2 Å². The third-order valence-corrected chi connectivity index (χ3v) is 4.19. The zero-order chi connectivity index (χ0) is 17.8. The van der Waals surface area contributed by atoms with Crippen molar-refractivity contribution in [3.8, 4) is 0 Å². The Bertz CT molecular complexity index is 744. The molecule has 0 spiro atoms. The molecule has 0 aliphatic carbocycles. The van der Waals surface area contributed by atoms with Gasteiger partial charge in [-0.15, -0.1) is 0 Å². The number of carbonyl (C=O) groups is 1. The van der Waals surface area contributed by atoms with Gasteiger partial charge in [0.15, 0.2) is 0 Å². The highest BCUT2D eigenvalue weighted by Crippen LogP contribution is 2.13. The third kappa shape index (κ3) is 4.54. The fourth-order valence-corrected chi connectivity index (χ4v) is 2.97. The molecule has 1 aromatic heterocycles. The number of urea groups is 1. The van der Waals surface area contributed by atoms with Crippen molar-refractivity contribution < 1.29 is 9.18 Å². The summed E-state index contributed by atoms with van der Waals surface area (Å²) in [5.74, 6) is 0.728. The molecule has 0 saturated carbocycles. The van der Waals surface area contributed by atoms with Crippen LogP contribution >= 0.6 is 0 Å². The van der Waals surface area contributed by atoms with E-state index < -0.39 is 0 Å². The molecular weight excluding hydrogens is 323 g/mol. The van der Waals surface area contributed by atoms with E-state index in [0.717, 1.165) is 24.2 Å². The van der Waals surface area contributed by atoms with E-state index in [9.17, 15) is 9.18 Å². The van der Waals surface area contributed by atoms with Crippen molar-refractivity contribution in [1.29, 1.82) is 0 Å². The molecule has 3 rings (SSSR count). The Kier molecular flexibility index (Phi) is 5.28. The average molecular weight is 346 g/mol. The smallest absolute Gasteiger partial charge is 0.315 e. The highest BCUT2D eigenvalue weighted by atomic mass is 19.1. The first-order valence-electron chi connectivity index (χ1n) is 8.34. The Morgan fingerprint density at radius 2 is 2.28 bits per heavy atom. The van der Waals surface area contributed by atoms with Crippen LogP contribution in [0.15, 0.2) is 24.5 Å². The first-order chi connectivity index (χ1) is 12.0. The number of aromatic nitrogens is 3. The molecule has 2 aromatic rings. The van der Waals surface area contributed by atoms with Gasteiger partial charge in [-0.1, -0.05) is 6.07 Å². The second-order valence-corrected chi connectivity index (χ2v) is 6.58. The maximum atomic E-state index is 13.8. The van der Waals surface area contributed by atoms with Gasteiger partial charge < -0.3 is 15.5 Å². The number of nitrogens with one attached hydrogen (secondary N) is 2. The van der Waals surface area contributed by atoms with Crippen molar-refractivity contribution in [2.45, 2.75) is 38.5 Å². The maximum absolute atomic E-state index is 13.8. The van der Waals surface area contributed by atoms with Gasteiger partial charge in [0.2, 0.25) is 0 Å². The number of aryl methyl sites for hydroxylation is 1. The SMILES string of the molecule is CN(C)Cc1cc(CNC(=O)N[C@@H]2CCc3ncnn3C2)ccc1F. The Labute approximate surface area is 146 Å². The predicted octanol–water partition coefficient (Wildman–Crippen LogP) is 1.29. The topological polar surface area (TPSA) is 75.1 Å². The van der Waals surface area contributed by atoms with Gasteiger partial charge in [-0.2, -0.15) is 5.10 Å². The summed E-state index contributed by atoms with van der Waals surface area (Å²) in [4.78, 5) is 18.2. The fourth-order valence-electron chi connectivity index (χ4n) is 2.97. The van der Waals surface area contributed by atoms with E-state index >= 15 is 0 Å². The van der Waals surface area contributed by atoms with Gasteiger partial charge in [0.1, 0.15) is 18.0 Å². The Balaban J connectivity index is 1.51. The number of carbonyl (C=O) groups excluding carboxylic acids is 1. The van der Waals surface area contributed by atoms with Gasteiger partial charge in [0.25, 0.3) is 0 Å². The fraction of sp³-hybridized carbons (Fsp3) is 0.471. The van der Waals surface area contributed by atoms with Crippen LogP contribution in [-0.2, 0) is 26.1 Å². The summed E-state index contributed by atoms with van der Waals surface area (Å²) in [5, 5.41) is 9.93. The normalized spacial score (nSPS) is 16.6. The Morgan fingerprint density at radius 3 is 3.08 bits per heavy atom. The van der Waals surface area contributed by atoms with E-state index in [1.165, 1.54) is 12.4 Å². The molecule has 7 nitrogen and oxygen atoms in total. The van der Waals surface area contributed by atoms with Crippen LogP contribution in [0, 0.1) is 5.82 Å². The molecule has 0 bridgehead atoms. The van der Waals surface area contributed by atoms with E-state index in [1.807, 2.05) is 23.7 Å². The van der Waals surface area contributed by atoms with E-state index in [-0.39, 0.29) is 17.9 Å². The summed E-state index contributed by atoms with van der Waals surface area (Å²) >= 11 is 0. The first-order valence-corrected chi connectivity index (χ1v) is 8.34. The van der Waals surface area contributed by atoms with Crippen LogP contribution in [0.25, 0.3) is 0 Å². The zero-order valence-corrected chi connectivity index (χ0v) is 14.5. The molecule has 1 aliphatic rings. The molecule has 25 heavy (non-hydrogen) atoms. The van der Waals surface area contributed by atoms with Crippen LogP contribution in [0.2, 0.25) is 0 Å². The van der Waals surface area contributed by atoms with Crippen LogP contribution in [0.1, 0.15) is 23.4 Å². The quantitative estimate of drug-likeness (QED) is 0.856. The molecule has 2 amide bonds. The van der Waals surface area contributed by atoms with Gasteiger partial charge in [-0.25, -0.2) is 18.9 Å². The molecule has 1 atom stereocenters. The van der Waals surface area contributed by atoms with Crippen LogP contribution < -0.4 is 10.6 Å². The largest absolute Gasteiger partial charge is 0.334 e. The number of amides is 2. The van der Waals surface area contributed by atoms with Crippen molar-refractivity contribution in [3.05, 3.63) is 47.3 Å². The number of hydrogen-bond donors (Lipinski definition) is 2. The van der Waals surface area contributed by atoms with Crippen molar-refractivity contribution in [3.63, 3.8) is 0 Å². The second kappa shape index (κ2) is 7.60. The standard InChI is InChI=1S/C17H23FN6O/c1-23(2)9-13-7-12(3-5-15(13)18)8-19-17(25)22-14-4-6-16-20-11-21-24(16)10-14/h3,5,7,11,14H,4,6,8-10H2,1-2H3,(H2,19,22,25)/t14-/m1/s1. The lowest BCUT2D eigenvalue weighted by Gasteiger charge is -2.23. The van der Waals surface area contributed by atoms with Gasteiger partial charge in [0, 0.05) is 25.1 Å². The van der Waals surface area contributed by atoms with E-state index in [1.54, 1.807) is 12.1 Å². The lowest BCUT2D eigenvalue weighted by Crippen LogP contribution is -2.45. The highest BCUT2D eigenvalue weighted by Gasteiger charge is 2.21. The molecule has 134 valence electrons. The number of rotatable bonds is 5. The summed E-state index contributed by atoms with van der Waals surface area (Å²) in [5.41, 5.74) is 1.49. The number of nitrogens with zero attached hydrogens (tertiary/aromatic N) is 4.